The van der Waals surface area contributed by atoms with Crippen molar-refractivity contribution in [3.63, 3.8) is 0 Å². The van der Waals surface area contributed by atoms with E-state index >= 15 is 0 Å². The van der Waals surface area contributed by atoms with E-state index in [0.717, 1.165) is 25.3 Å². The Balaban J connectivity index is 2.22. The number of nitrogens with one attached hydrogen (secondary N) is 1. The van der Waals surface area contributed by atoms with Crippen LogP contribution in [-0.2, 0) is 12.8 Å². The number of nitrogens with zero attached hydrogens (tertiary/aromatic N) is 2. The summed E-state index contributed by atoms with van der Waals surface area (Å²) in [7, 11) is 0. The molecule has 1 fully saturated rings. The first-order valence-corrected chi connectivity index (χ1v) is 8.50. The molecule has 114 valence electrons. The summed E-state index contributed by atoms with van der Waals surface area (Å²) in [4.78, 5) is 0. The first-order valence-electron chi connectivity index (χ1n) is 8.50. The predicted molar refractivity (Wildman–Crippen MR) is 85.1 cm³/mol. The van der Waals surface area contributed by atoms with E-state index in [1.807, 2.05) is 0 Å². The number of hydrogen-bond donors (Lipinski definition) is 1. The van der Waals surface area contributed by atoms with Gasteiger partial charge < -0.3 is 5.32 Å². The van der Waals surface area contributed by atoms with Gasteiger partial charge in [0.15, 0.2) is 0 Å². The van der Waals surface area contributed by atoms with Crippen molar-refractivity contribution in [1.29, 1.82) is 0 Å². The van der Waals surface area contributed by atoms with Crippen LogP contribution < -0.4 is 5.32 Å². The molecule has 3 unspecified atom stereocenters. The van der Waals surface area contributed by atoms with E-state index in [1.165, 1.54) is 37.1 Å². The molecule has 1 aromatic heterocycles. The highest BCUT2D eigenvalue weighted by Gasteiger charge is 2.31. The van der Waals surface area contributed by atoms with Crippen LogP contribution in [0.2, 0.25) is 0 Å². The second-order valence-electron chi connectivity index (χ2n) is 6.32. The molecule has 2 rings (SSSR count). The van der Waals surface area contributed by atoms with E-state index in [1.54, 1.807) is 0 Å². The Morgan fingerprint density at radius 2 is 2.05 bits per heavy atom. The van der Waals surface area contributed by atoms with E-state index in [0.29, 0.717) is 12.1 Å². The summed E-state index contributed by atoms with van der Waals surface area (Å²) in [5.74, 6) is 0.818. The molecule has 0 saturated heterocycles. The highest BCUT2D eigenvalue weighted by Crippen LogP contribution is 2.33. The van der Waals surface area contributed by atoms with Crippen molar-refractivity contribution in [2.24, 2.45) is 5.92 Å². The number of rotatable bonds is 6. The average Bonchev–Trinajstić information content (AvgIpc) is 2.89. The van der Waals surface area contributed by atoms with Gasteiger partial charge >= 0.3 is 0 Å². The molecule has 0 aliphatic heterocycles. The van der Waals surface area contributed by atoms with Gasteiger partial charge in [0.05, 0.1) is 11.7 Å². The van der Waals surface area contributed by atoms with Crippen molar-refractivity contribution in [2.75, 3.05) is 6.54 Å². The van der Waals surface area contributed by atoms with Gasteiger partial charge in [-0.25, -0.2) is 0 Å². The molecule has 1 aliphatic carbocycles. The maximum absolute atomic E-state index is 4.89. The molecular formula is C17H31N3. The van der Waals surface area contributed by atoms with Gasteiger partial charge in [-0.05, 0) is 57.1 Å². The molecule has 3 nitrogen and oxygen atoms in total. The third-order valence-corrected chi connectivity index (χ3v) is 4.64. The maximum Gasteiger partial charge on any atom is 0.0677 e. The van der Waals surface area contributed by atoms with Crippen LogP contribution in [0.5, 0.6) is 0 Å². The van der Waals surface area contributed by atoms with Gasteiger partial charge in [-0.15, -0.1) is 0 Å². The molecule has 3 atom stereocenters. The van der Waals surface area contributed by atoms with Crippen LogP contribution in [0.1, 0.15) is 70.8 Å². The zero-order valence-electron chi connectivity index (χ0n) is 13.7. The van der Waals surface area contributed by atoms with E-state index in [4.69, 9.17) is 5.10 Å². The molecule has 1 aromatic rings. The van der Waals surface area contributed by atoms with Crippen LogP contribution in [0.4, 0.5) is 0 Å². The van der Waals surface area contributed by atoms with Gasteiger partial charge in [0.1, 0.15) is 0 Å². The van der Waals surface area contributed by atoms with Crippen molar-refractivity contribution < 1.29 is 0 Å². The highest BCUT2D eigenvalue weighted by atomic mass is 15.3. The monoisotopic (exact) mass is 277 g/mol. The first kappa shape index (κ1) is 15.6. The van der Waals surface area contributed by atoms with E-state index in [9.17, 15) is 0 Å². The fourth-order valence-electron chi connectivity index (χ4n) is 3.40. The van der Waals surface area contributed by atoms with Gasteiger partial charge in [0, 0.05) is 11.7 Å². The quantitative estimate of drug-likeness (QED) is 0.858. The first-order chi connectivity index (χ1) is 9.69. The predicted octanol–water partition coefficient (Wildman–Crippen LogP) is 3.74. The van der Waals surface area contributed by atoms with E-state index in [-0.39, 0.29) is 0 Å². The molecule has 1 saturated carbocycles. The maximum atomic E-state index is 4.89. The molecule has 20 heavy (non-hydrogen) atoms. The zero-order chi connectivity index (χ0) is 14.5. The van der Waals surface area contributed by atoms with Crippen molar-refractivity contribution in [1.82, 2.24) is 15.1 Å². The van der Waals surface area contributed by atoms with Crippen LogP contribution in [0, 0.1) is 5.92 Å². The Hall–Kier alpha value is -0.830. The normalized spacial score (nSPS) is 26.9. The van der Waals surface area contributed by atoms with Gasteiger partial charge in [-0.2, -0.15) is 5.10 Å². The van der Waals surface area contributed by atoms with Gasteiger partial charge in [-0.1, -0.05) is 27.7 Å². The summed E-state index contributed by atoms with van der Waals surface area (Å²) in [6.07, 6.45) is 7.23. The molecule has 0 aromatic carbocycles. The molecule has 3 heteroatoms. The molecular weight excluding hydrogens is 246 g/mol. The topological polar surface area (TPSA) is 29.9 Å². The summed E-state index contributed by atoms with van der Waals surface area (Å²) < 4.78 is 2.35. The van der Waals surface area contributed by atoms with Gasteiger partial charge in [0.2, 0.25) is 0 Å². The van der Waals surface area contributed by atoms with Crippen LogP contribution in [0.15, 0.2) is 6.07 Å². The largest absolute Gasteiger partial charge is 0.312 e. The summed E-state index contributed by atoms with van der Waals surface area (Å²) in [6.45, 7) is 10.2. The SMILES string of the molecule is CCCNC1CCC(C)CC1n1nc(CC)cc1CC. The Labute approximate surface area is 124 Å². The average molecular weight is 277 g/mol. The van der Waals surface area contributed by atoms with Crippen LogP contribution in [0.3, 0.4) is 0 Å². The minimum atomic E-state index is 0.542. The van der Waals surface area contributed by atoms with Gasteiger partial charge in [0.25, 0.3) is 0 Å². The second kappa shape index (κ2) is 7.26. The zero-order valence-corrected chi connectivity index (χ0v) is 13.7. The summed E-state index contributed by atoms with van der Waals surface area (Å²) in [5.41, 5.74) is 2.65. The number of aromatic nitrogens is 2. The van der Waals surface area contributed by atoms with Crippen LogP contribution >= 0.6 is 0 Å². The molecule has 1 heterocycles. The van der Waals surface area contributed by atoms with Crippen LogP contribution in [-0.4, -0.2) is 22.4 Å². The fourth-order valence-corrected chi connectivity index (χ4v) is 3.40. The molecule has 0 spiro atoms. The lowest BCUT2D eigenvalue weighted by Crippen LogP contribution is -2.42. The standard InChI is InChI=1S/C17H31N3/c1-5-10-18-16-9-8-13(4)11-17(16)20-15(7-3)12-14(6-2)19-20/h12-13,16-18H,5-11H2,1-4H3. The Bertz CT molecular complexity index is 408. The Kier molecular flexibility index (Phi) is 5.64. The van der Waals surface area contributed by atoms with Crippen molar-refractivity contribution in [2.45, 2.75) is 78.3 Å². The minimum absolute atomic E-state index is 0.542. The number of hydrogen-bond acceptors (Lipinski definition) is 2. The van der Waals surface area contributed by atoms with E-state index < -0.39 is 0 Å². The molecule has 0 bridgehead atoms. The second-order valence-corrected chi connectivity index (χ2v) is 6.32. The third kappa shape index (κ3) is 3.43. The van der Waals surface area contributed by atoms with Gasteiger partial charge in [-0.3, -0.25) is 4.68 Å². The van der Waals surface area contributed by atoms with Crippen molar-refractivity contribution >= 4 is 0 Å². The fraction of sp³-hybridized carbons (Fsp3) is 0.824. The van der Waals surface area contributed by atoms with Crippen molar-refractivity contribution in [3.05, 3.63) is 17.5 Å². The number of aryl methyl sites for hydroxylation is 2. The molecule has 1 aliphatic rings. The third-order valence-electron chi connectivity index (χ3n) is 4.64. The molecule has 0 amide bonds. The summed E-state index contributed by atoms with van der Waals surface area (Å²) in [6, 6.07) is 3.44. The van der Waals surface area contributed by atoms with Crippen molar-refractivity contribution in [3.8, 4) is 0 Å². The Morgan fingerprint density at radius 1 is 1.25 bits per heavy atom. The molecule has 0 radical (unpaired) electrons. The van der Waals surface area contributed by atoms with E-state index in [2.05, 4.69) is 43.8 Å². The minimum Gasteiger partial charge on any atom is -0.312 e. The summed E-state index contributed by atoms with van der Waals surface area (Å²) in [5, 5.41) is 8.65. The lowest BCUT2D eigenvalue weighted by molar-refractivity contribution is 0.200. The molecule has 1 N–H and O–H groups in total. The summed E-state index contributed by atoms with van der Waals surface area (Å²) >= 11 is 0. The highest BCUT2D eigenvalue weighted by molar-refractivity contribution is 5.12. The lowest BCUT2D eigenvalue weighted by atomic mass is 9.83. The van der Waals surface area contributed by atoms with Crippen LogP contribution in [0.25, 0.3) is 0 Å². The lowest BCUT2D eigenvalue weighted by Gasteiger charge is -2.36. The smallest absolute Gasteiger partial charge is 0.0677 e. The Morgan fingerprint density at radius 3 is 2.70 bits per heavy atom.